The molecule has 1 aromatic heterocycles. The van der Waals surface area contributed by atoms with E-state index in [0.717, 1.165) is 37.4 Å². The van der Waals surface area contributed by atoms with Gasteiger partial charge in [-0.3, -0.25) is 4.79 Å². The van der Waals surface area contributed by atoms with E-state index in [1.165, 1.54) is 12.1 Å². The lowest BCUT2D eigenvalue weighted by molar-refractivity contribution is 0.0695. The van der Waals surface area contributed by atoms with Crippen molar-refractivity contribution < 1.29 is 19.4 Å². The maximum Gasteiger partial charge on any atom is 0.337 e. The van der Waals surface area contributed by atoms with Gasteiger partial charge in [-0.05, 0) is 49.6 Å². The Labute approximate surface area is 162 Å². The van der Waals surface area contributed by atoms with E-state index in [1.807, 2.05) is 36.0 Å². The molecule has 1 amide bonds. The first-order valence-corrected chi connectivity index (χ1v) is 9.88. The number of aromatic carboxylic acids is 1. The molecule has 1 fully saturated rings. The molecule has 6 nitrogen and oxygen atoms in total. The SMILES string of the molecule is Cc1nc(C(=O)Nc2cccc(CSC3CCOCC3)c2)ccc1C(=O)O. The molecule has 2 heterocycles. The highest BCUT2D eigenvalue weighted by molar-refractivity contribution is 7.99. The van der Waals surface area contributed by atoms with Gasteiger partial charge >= 0.3 is 5.97 Å². The number of thioether (sulfide) groups is 1. The third kappa shape index (κ3) is 5.30. The van der Waals surface area contributed by atoms with Gasteiger partial charge in [0.25, 0.3) is 5.91 Å². The number of carboxylic acids is 1. The predicted octanol–water partition coefficient (Wildman–Crippen LogP) is 3.75. The summed E-state index contributed by atoms with van der Waals surface area (Å²) in [7, 11) is 0. The van der Waals surface area contributed by atoms with Crippen molar-refractivity contribution in [1.29, 1.82) is 0 Å². The summed E-state index contributed by atoms with van der Waals surface area (Å²) < 4.78 is 5.39. The average Bonchev–Trinajstić information content (AvgIpc) is 2.67. The standard InChI is InChI=1S/C20H22N2O4S/c1-13-17(20(24)25)5-6-18(21-13)19(23)22-15-4-2-3-14(11-15)12-27-16-7-9-26-10-8-16/h2-6,11,16H,7-10,12H2,1H3,(H,22,23)(H,24,25). The number of aryl methyl sites for hydroxylation is 1. The largest absolute Gasteiger partial charge is 0.478 e. The Morgan fingerprint density at radius 3 is 2.74 bits per heavy atom. The Bertz CT molecular complexity index is 834. The summed E-state index contributed by atoms with van der Waals surface area (Å²) in [5.41, 5.74) is 2.46. The molecular weight excluding hydrogens is 364 g/mol. The molecule has 1 saturated heterocycles. The number of amides is 1. The smallest absolute Gasteiger partial charge is 0.337 e. The molecule has 142 valence electrons. The van der Waals surface area contributed by atoms with E-state index in [9.17, 15) is 9.59 Å². The fraction of sp³-hybridized carbons (Fsp3) is 0.350. The van der Waals surface area contributed by atoms with Gasteiger partial charge in [0.1, 0.15) is 5.69 Å². The van der Waals surface area contributed by atoms with E-state index in [-0.39, 0.29) is 17.2 Å². The van der Waals surface area contributed by atoms with Gasteiger partial charge in [-0.1, -0.05) is 12.1 Å². The van der Waals surface area contributed by atoms with Gasteiger partial charge < -0.3 is 15.2 Å². The Balaban J connectivity index is 1.62. The van der Waals surface area contributed by atoms with Crippen molar-refractivity contribution >= 4 is 29.3 Å². The number of rotatable bonds is 6. The molecule has 3 rings (SSSR count). The first-order chi connectivity index (χ1) is 13.0. The van der Waals surface area contributed by atoms with Crippen LogP contribution in [-0.4, -0.2) is 40.4 Å². The second kappa shape index (κ2) is 9.01. The van der Waals surface area contributed by atoms with Gasteiger partial charge in [0, 0.05) is 29.9 Å². The molecule has 0 spiro atoms. The number of nitrogens with one attached hydrogen (secondary N) is 1. The van der Waals surface area contributed by atoms with E-state index in [2.05, 4.69) is 10.3 Å². The van der Waals surface area contributed by atoms with Crippen LogP contribution < -0.4 is 5.32 Å². The zero-order valence-electron chi connectivity index (χ0n) is 15.1. The monoisotopic (exact) mass is 386 g/mol. The third-order valence-corrected chi connectivity index (χ3v) is 5.83. The van der Waals surface area contributed by atoms with E-state index in [1.54, 1.807) is 6.92 Å². The van der Waals surface area contributed by atoms with Crippen LogP contribution in [0.5, 0.6) is 0 Å². The van der Waals surface area contributed by atoms with Crippen LogP contribution in [0.25, 0.3) is 0 Å². The summed E-state index contributed by atoms with van der Waals surface area (Å²) in [6.07, 6.45) is 2.16. The van der Waals surface area contributed by atoms with Gasteiger partial charge in [0.15, 0.2) is 0 Å². The van der Waals surface area contributed by atoms with Crippen molar-refractivity contribution in [2.24, 2.45) is 0 Å². The third-order valence-electron chi connectivity index (χ3n) is 4.39. The van der Waals surface area contributed by atoms with Crippen LogP contribution in [0.1, 0.15) is 44.9 Å². The molecule has 0 unspecified atom stereocenters. The predicted molar refractivity (Wildman–Crippen MR) is 105 cm³/mol. The molecule has 1 aromatic carbocycles. The summed E-state index contributed by atoms with van der Waals surface area (Å²) in [5, 5.41) is 12.5. The van der Waals surface area contributed by atoms with Crippen molar-refractivity contribution in [3.05, 3.63) is 58.9 Å². The molecule has 0 saturated carbocycles. The summed E-state index contributed by atoms with van der Waals surface area (Å²) in [4.78, 5) is 27.6. The van der Waals surface area contributed by atoms with Gasteiger partial charge in [0.2, 0.25) is 0 Å². The van der Waals surface area contributed by atoms with Gasteiger partial charge in [-0.2, -0.15) is 11.8 Å². The molecule has 0 bridgehead atoms. The second-order valence-corrected chi connectivity index (χ2v) is 7.70. The van der Waals surface area contributed by atoms with Crippen LogP contribution in [0.15, 0.2) is 36.4 Å². The molecule has 0 atom stereocenters. The van der Waals surface area contributed by atoms with E-state index in [0.29, 0.717) is 16.6 Å². The van der Waals surface area contributed by atoms with Crippen molar-refractivity contribution in [3.8, 4) is 0 Å². The fourth-order valence-corrected chi connectivity index (χ4v) is 4.04. The van der Waals surface area contributed by atoms with Crippen LogP contribution in [-0.2, 0) is 10.5 Å². The van der Waals surface area contributed by atoms with E-state index < -0.39 is 5.97 Å². The van der Waals surface area contributed by atoms with E-state index >= 15 is 0 Å². The number of benzene rings is 1. The molecule has 2 N–H and O–H groups in total. The zero-order chi connectivity index (χ0) is 19.2. The number of ether oxygens (including phenoxy) is 1. The number of pyridine rings is 1. The van der Waals surface area contributed by atoms with Gasteiger partial charge in [0.05, 0.1) is 11.3 Å². The first kappa shape index (κ1) is 19.4. The summed E-state index contributed by atoms with van der Waals surface area (Å²) in [6, 6.07) is 10.6. The van der Waals surface area contributed by atoms with Crippen molar-refractivity contribution in [1.82, 2.24) is 4.98 Å². The number of hydrogen-bond acceptors (Lipinski definition) is 5. The number of carbonyl (C=O) groups is 2. The lowest BCUT2D eigenvalue weighted by Crippen LogP contribution is -2.17. The Morgan fingerprint density at radius 2 is 2.04 bits per heavy atom. The molecule has 7 heteroatoms. The van der Waals surface area contributed by atoms with Crippen molar-refractivity contribution in [3.63, 3.8) is 0 Å². The maximum absolute atomic E-state index is 12.4. The van der Waals surface area contributed by atoms with Crippen LogP contribution in [0.3, 0.4) is 0 Å². The Morgan fingerprint density at radius 1 is 1.26 bits per heavy atom. The Kier molecular flexibility index (Phi) is 6.47. The molecular formula is C20H22N2O4S. The number of aromatic nitrogens is 1. The first-order valence-electron chi connectivity index (χ1n) is 8.83. The fourth-order valence-electron chi connectivity index (χ4n) is 2.90. The zero-order valence-corrected chi connectivity index (χ0v) is 15.9. The molecule has 2 aromatic rings. The topological polar surface area (TPSA) is 88.5 Å². The van der Waals surface area contributed by atoms with E-state index in [4.69, 9.17) is 9.84 Å². The highest BCUT2D eigenvalue weighted by atomic mass is 32.2. The minimum atomic E-state index is -1.05. The average molecular weight is 386 g/mol. The summed E-state index contributed by atoms with van der Waals surface area (Å²) in [6.45, 7) is 3.25. The van der Waals surface area contributed by atoms with Crippen LogP contribution in [0, 0.1) is 6.92 Å². The van der Waals surface area contributed by atoms with Crippen LogP contribution >= 0.6 is 11.8 Å². The lowest BCUT2D eigenvalue weighted by Gasteiger charge is -2.21. The number of carbonyl (C=O) groups excluding carboxylic acids is 1. The van der Waals surface area contributed by atoms with Gasteiger partial charge in [-0.25, -0.2) is 9.78 Å². The van der Waals surface area contributed by atoms with Crippen molar-refractivity contribution in [2.45, 2.75) is 30.8 Å². The number of hydrogen-bond donors (Lipinski definition) is 2. The normalized spacial score (nSPS) is 14.7. The second-order valence-electron chi connectivity index (χ2n) is 6.41. The molecule has 0 radical (unpaired) electrons. The van der Waals surface area contributed by atoms with Crippen LogP contribution in [0.4, 0.5) is 5.69 Å². The number of carboxylic acid groups (broad SMARTS) is 1. The minimum Gasteiger partial charge on any atom is -0.478 e. The molecule has 1 aliphatic rings. The van der Waals surface area contributed by atoms with Crippen molar-refractivity contribution in [2.75, 3.05) is 18.5 Å². The summed E-state index contributed by atoms with van der Waals surface area (Å²) >= 11 is 1.92. The number of nitrogens with zero attached hydrogens (tertiary/aromatic N) is 1. The Hall–Kier alpha value is -2.38. The van der Waals surface area contributed by atoms with Gasteiger partial charge in [-0.15, -0.1) is 0 Å². The maximum atomic E-state index is 12.4. The highest BCUT2D eigenvalue weighted by Gasteiger charge is 2.15. The van der Waals surface area contributed by atoms with Crippen LogP contribution in [0.2, 0.25) is 0 Å². The molecule has 0 aliphatic carbocycles. The number of anilines is 1. The highest BCUT2D eigenvalue weighted by Crippen LogP contribution is 2.26. The molecule has 27 heavy (non-hydrogen) atoms. The quantitative estimate of drug-likeness (QED) is 0.786. The minimum absolute atomic E-state index is 0.0960. The summed E-state index contributed by atoms with van der Waals surface area (Å²) in [5.74, 6) is -0.523. The molecule has 1 aliphatic heterocycles. The lowest BCUT2D eigenvalue weighted by atomic mass is 10.1.